The first-order valence-electron chi connectivity index (χ1n) is 7.24. The Labute approximate surface area is 116 Å². The van der Waals surface area contributed by atoms with E-state index in [1.807, 2.05) is 4.90 Å². The van der Waals surface area contributed by atoms with Crippen molar-refractivity contribution < 1.29 is 4.79 Å². The molecule has 1 aromatic rings. The molecule has 0 aliphatic carbocycles. The summed E-state index contributed by atoms with van der Waals surface area (Å²) < 4.78 is 0. The lowest BCUT2D eigenvalue weighted by atomic mass is 10.1. The summed E-state index contributed by atoms with van der Waals surface area (Å²) in [7, 11) is 0. The van der Waals surface area contributed by atoms with E-state index in [1.54, 1.807) is 0 Å². The summed E-state index contributed by atoms with van der Waals surface area (Å²) in [5, 5.41) is 3.32. The fraction of sp³-hybridized carbons (Fsp3) is 0.562. The van der Waals surface area contributed by atoms with Crippen LogP contribution >= 0.6 is 0 Å². The number of aryl methyl sites for hydroxylation is 1. The number of piperidine rings is 1. The highest BCUT2D eigenvalue weighted by Gasteiger charge is 2.16. The molecule has 1 saturated heterocycles. The normalized spacial score (nSPS) is 17.3. The van der Waals surface area contributed by atoms with E-state index in [-0.39, 0.29) is 11.9 Å². The number of carbonyl (C=O) groups excluding carboxylic acids is 1. The number of rotatable bonds is 4. The molecular weight excluding hydrogens is 236 g/mol. The van der Waals surface area contributed by atoms with Gasteiger partial charge in [-0.25, -0.2) is 0 Å². The molecule has 1 amide bonds. The number of benzene rings is 1. The van der Waals surface area contributed by atoms with Gasteiger partial charge in [-0.3, -0.25) is 4.79 Å². The van der Waals surface area contributed by atoms with Gasteiger partial charge >= 0.3 is 0 Å². The van der Waals surface area contributed by atoms with Gasteiger partial charge in [0, 0.05) is 19.1 Å². The number of likely N-dealkylation sites (tertiary alicyclic amines) is 1. The molecule has 104 valence electrons. The molecular formula is C16H24N2O. The van der Waals surface area contributed by atoms with Crippen LogP contribution < -0.4 is 5.32 Å². The molecule has 0 saturated carbocycles. The first-order valence-corrected chi connectivity index (χ1v) is 7.24. The van der Waals surface area contributed by atoms with Gasteiger partial charge in [-0.15, -0.1) is 0 Å². The zero-order chi connectivity index (χ0) is 13.7. The fourth-order valence-electron chi connectivity index (χ4n) is 2.47. The van der Waals surface area contributed by atoms with Crippen molar-refractivity contribution >= 4 is 5.91 Å². The Morgan fingerprint density at radius 3 is 2.47 bits per heavy atom. The second-order valence-electron chi connectivity index (χ2n) is 5.45. The monoisotopic (exact) mass is 260 g/mol. The van der Waals surface area contributed by atoms with Crippen molar-refractivity contribution in [2.75, 3.05) is 19.6 Å². The molecule has 3 heteroatoms. The maximum atomic E-state index is 12.1. The van der Waals surface area contributed by atoms with Crippen molar-refractivity contribution in [1.29, 1.82) is 0 Å². The quantitative estimate of drug-likeness (QED) is 0.902. The number of hydrogen-bond acceptors (Lipinski definition) is 2. The predicted molar refractivity (Wildman–Crippen MR) is 78.0 cm³/mol. The highest BCUT2D eigenvalue weighted by molar-refractivity contribution is 5.78. The Morgan fingerprint density at radius 2 is 1.84 bits per heavy atom. The molecule has 2 rings (SSSR count). The van der Waals surface area contributed by atoms with E-state index in [0.29, 0.717) is 6.54 Å². The van der Waals surface area contributed by atoms with E-state index in [2.05, 4.69) is 43.4 Å². The molecule has 0 spiro atoms. The second-order valence-corrected chi connectivity index (χ2v) is 5.45. The third-order valence-electron chi connectivity index (χ3n) is 3.85. The van der Waals surface area contributed by atoms with Crippen LogP contribution in [0.3, 0.4) is 0 Å². The number of amides is 1. The van der Waals surface area contributed by atoms with Gasteiger partial charge in [0.2, 0.25) is 5.91 Å². The third kappa shape index (κ3) is 4.06. The SMILES string of the molecule is Cc1ccc(C(C)NCC(=O)N2CCCCC2)cc1. The minimum atomic E-state index is 0.217. The van der Waals surface area contributed by atoms with Gasteiger partial charge < -0.3 is 10.2 Å². The molecule has 1 heterocycles. The van der Waals surface area contributed by atoms with Crippen LogP contribution in [0.15, 0.2) is 24.3 Å². The maximum Gasteiger partial charge on any atom is 0.236 e. The highest BCUT2D eigenvalue weighted by Crippen LogP contribution is 2.13. The Morgan fingerprint density at radius 1 is 1.21 bits per heavy atom. The van der Waals surface area contributed by atoms with Crippen LogP contribution in [0, 0.1) is 6.92 Å². The summed E-state index contributed by atoms with van der Waals surface area (Å²) >= 11 is 0. The molecule has 0 radical (unpaired) electrons. The first-order chi connectivity index (χ1) is 9.16. The van der Waals surface area contributed by atoms with E-state index >= 15 is 0 Å². The molecule has 1 fully saturated rings. The van der Waals surface area contributed by atoms with Crippen molar-refractivity contribution in [2.24, 2.45) is 0 Å². The average molecular weight is 260 g/mol. The lowest BCUT2D eigenvalue weighted by Crippen LogP contribution is -2.41. The zero-order valence-electron chi connectivity index (χ0n) is 12.0. The van der Waals surface area contributed by atoms with Crippen molar-refractivity contribution in [3.63, 3.8) is 0 Å². The number of carbonyl (C=O) groups is 1. The van der Waals surface area contributed by atoms with Gasteiger partial charge in [-0.05, 0) is 38.7 Å². The largest absolute Gasteiger partial charge is 0.342 e. The summed E-state index contributed by atoms with van der Waals surface area (Å²) in [6, 6.07) is 8.69. The summed E-state index contributed by atoms with van der Waals surface area (Å²) in [5.41, 5.74) is 2.50. The van der Waals surface area contributed by atoms with E-state index < -0.39 is 0 Å². The van der Waals surface area contributed by atoms with Crippen LogP contribution in [0.25, 0.3) is 0 Å². The van der Waals surface area contributed by atoms with E-state index in [0.717, 1.165) is 25.9 Å². The van der Waals surface area contributed by atoms with E-state index in [1.165, 1.54) is 17.5 Å². The fourth-order valence-corrected chi connectivity index (χ4v) is 2.47. The molecule has 0 bridgehead atoms. The van der Waals surface area contributed by atoms with Gasteiger partial charge in [-0.1, -0.05) is 29.8 Å². The predicted octanol–water partition coefficient (Wildman–Crippen LogP) is 2.66. The standard InChI is InChI=1S/C16H24N2O/c1-13-6-8-15(9-7-13)14(2)17-12-16(19)18-10-4-3-5-11-18/h6-9,14,17H,3-5,10-12H2,1-2H3. The van der Waals surface area contributed by atoms with Crippen molar-refractivity contribution in [3.8, 4) is 0 Å². The molecule has 1 aromatic carbocycles. The maximum absolute atomic E-state index is 12.1. The lowest BCUT2D eigenvalue weighted by Gasteiger charge is -2.27. The Kier molecular flexibility index (Phi) is 4.97. The van der Waals surface area contributed by atoms with Crippen molar-refractivity contribution in [3.05, 3.63) is 35.4 Å². The molecule has 0 aromatic heterocycles. The summed E-state index contributed by atoms with van der Waals surface area (Å²) in [6.07, 6.45) is 3.56. The second kappa shape index (κ2) is 6.71. The van der Waals surface area contributed by atoms with Crippen LogP contribution in [-0.2, 0) is 4.79 Å². The topological polar surface area (TPSA) is 32.3 Å². The number of hydrogen-bond donors (Lipinski definition) is 1. The Balaban J connectivity index is 1.80. The Bertz CT molecular complexity index is 407. The van der Waals surface area contributed by atoms with Crippen LogP contribution in [-0.4, -0.2) is 30.4 Å². The van der Waals surface area contributed by atoms with Gasteiger partial charge in [0.25, 0.3) is 0 Å². The summed E-state index contributed by atoms with van der Waals surface area (Å²) in [4.78, 5) is 14.0. The molecule has 1 unspecified atom stereocenters. The molecule has 1 N–H and O–H groups in total. The zero-order valence-corrected chi connectivity index (χ0v) is 12.0. The summed E-state index contributed by atoms with van der Waals surface area (Å²) in [6.45, 7) is 6.49. The highest BCUT2D eigenvalue weighted by atomic mass is 16.2. The minimum absolute atomic E-state index is 0.217. The Hall–Kier alpha value is -1.35. The minimum Gasteiger partial charge on any atom is -0.342 e. The van der Waals surface area contributed by atoms with E-state index in [4.69, 9.17) is 0 Å². The summed E-state index contributed by atoms with van der Waals surface area (Å²) in [5.74, 6) is 0.235. The molecule has 1 aliphatic heterocycles. The van der Waals surface area contributed by atoms with Crippen molar-refractivity contribution in [2.45, 2.75) is 39.2 Å². The van der Waals surface area contributed by atoms with Crippen LogP contribution in [0.2, 0.25) is 0 Å². The lowest BCUT2D eigenvalue weighted by molar-refractivity contribution is -0.131. The van der Waals surface area contributed by atoms with Crippen LogP contribution in [0.4, 0.5) is 0 Å². The van der Waals surface area contributed by atoms with E-state index in [9.17, 15) is 4.79 Å². The number of nitrogens with one attached hydrogen (secondary N) is 1. The van der Waals surface area contributed by atoms with Crippen LogP contribution in [0.5, 0.6) is 0 Å². The molecule has 19 heavy (non-hydrogen) atoms. The van der Waals surface area contributed by atoms with Gasteiger partial charge in [-0.2, -0.15) is 0 Å². The smallest absolute Gasteiger partial charge is 0.236 e. The third-order valence-corrected chi connectivity index (χ3v) is 3.85. The molecule has 1 atom stereocenters. The average Bonchev–Trinajstić information content (AvgIpc) is 2.46. The van der Waals surface area contributed by atoms with Crippen LogP contribution in [0.1, 0.15) is 43.4 Å². The first kappa shape index (κ1) is 14.1. The van der Waals surface area contributed by atoms with Gasteiger partial charge in [0.05, 0.1) is 6.54 Å². The molecule has 3 nitrogen and oxygen atoms in total. The molecule has 1 aliphatic rings. The number of nitrogens with zero attached hydrogens (tertiary/aromatic N) is 1. The van der Waals surface area contributed by atoms with Gasteiger partial charge in [0.1, 0.15) is 0 Å². The van der Waals surface area contributed by atoms with Gasteiger partial charge in [0.15, 0.2) is 0 Å². The van der Waals surface area contributed by atoms with Crippen molar-refractivity contribution in [1.82, 2.24) is 10.2 Å².